The zero-order chi connectivity index (χ0) is 13.0. The predicted molar refractivity (Wildman–Crippen MR) is 77.1 cm³/mol. The van der Waals surface area contributed by atoms with Crippen LogP contribution in [0, 0.1) is 13.8 Å². The van der Waals surface area contributed by atoms with Gasteiger partial charge in [-0.15, -0.1) is 11.8 Å². The fraction of sp³-hybridized carbons (Fsp3) is 0.286. The molecule has 0 aliphatic heterocycles. The van der Waals surface area contributed by atoms with E-state index in [2.05, 4.69) is 46.5 Å². The van der Waals surface area contributed by atoms with Crippen LogP contribution in [-0.2, 0) is 5.75 Å². The van der Waals surface area contributed by atoms with Crippen LogP contribution in [-0.4, -0.2) is 17.0 Å². The molecule has 0 radical (unpaired) electrons. The van der Waals surface area contributed by atoms with E-state index < -0.39 is 0 Å². The first-order valence-electron chi connectivity index (χ1n) is 5.89. The molecule has 1 heterocycles. The maximum Gasteiger partial charge on any atom is 0.223 e. The molecule has 0 spiro atoms. The van der Waals surface area contributed by atoms with Gasteiger partial charge >= 0.3 is 0 Å². The second-order valence-corrected chi connectivity index (χ2v) is 5.19. The van der Waals surface area contributed by atoms with E-state index in [4.69, 9.17) is 0 Å². The monoisotopic (exact) mass is 259 g/mol. The molecule has 18 heavy (non-hydrogen) atoms. The van der Waals surface area contributed by atoms with Crippen molar-refractivity contribution in [3.8, 4) is 0 Å². The SMILES string of the molecule is CNc1nc(C)cc(SCc2cccc(C)c2)n1. The predicted octanol–water partition coefficient (Wildman–Crippen LogP) is 3.43. The van der Waals surface area contributed by atoms with Crippen LogP contribution in [0.2, 0.25) is 0 Å². The summed E-state index contributed by atoms with van der Waals surface area (Å²) in [5, 5.41) is 3.99. The summed E-state index contributed by atoms with van der Waals surface area (Å²) in [6.07, 6.45) is 0. The van der Waals surface area contributed by atoms with Gasteiger partial charge in [-0.05, 0) is 25.5 Å². The van der Waals surface area contributed by atoms with Gasteiger partial charge in [0, 0.05) is 18.5 Å². The van der Waals surface area contributed by atoms with Gasteiger partial charge in [0.2, 0.25) is 5.95 Å². The second-order valence-electron chi connectivity index (χ2n) is 4.20. The molecular formula is C14H17N3S. The molecule has 1 N–H and O–H groups in total. The first-order chi connectivity index (χ1) is 8.67. The van der Waals surface area contributed by atoms with Crippen molar-refractivity contribution in [2.45, 2.75) is 24.6 Å². The molecule has 0 saturated heterocycles. The molecule has 1 aromatic heterocycles. The molecule has 94 valence electrons. The molecule has 0 unspecified atom stereocenters. The average Bonchev–Trinajstić information content (AvgIpc) is 2.36. The lowest BCUT2D eigenvalue weighted by Gasteiger charge is -2.05. The van der Waals surface area contributed by atoms with E-state index in [9.17, 15) is 0 Å². The van der Waals surface area contributed by atoms with Crippen molar-refractivity contribution < 1.29 is 0 Å². The van der Waals surface area contributed by atoms with Crippen molar-refractivity contribution in [3.05, 3.63) is 47.2 Å². The highest BCUT2D eigenvalue weighted by Crippen LogP contribution is 2.22. The largest absolute Gasteiger partial charge is 0.357 e. The molecule has 0 atom stereocenters. The van der Waals surface area contributed by atoms with E-state index in [1.54, 1.807) is 11.8 Å². The van der Waals surface area contributed by atoms with Crippen molar-refractivity contribution in [2.75, 3.05) is 12.4 Å². The van der Waals surface area contributed by atoms with Gasteiger partial charge in [-0.25, -0.2) is 9.97 Å². The molecule has 4 heteroatoms. The van der Waals surface area contributed by atoms with Crippen molar-refractivity contribution in [1.29, 1.82) is 0 Å². The number of thioether (sulfide) groups is 1. The number of hydrogen-bond donors (Lipinski definition) is 1. The zero-order valence-electron chi connectivity index (χ0n) is 10.9. The van der Waals surface area contributed by atoms with Gasteiger partial charge in [0.1, 0.15) is 5.03 Å². The van der Waals surface area contributed by atoms with Gasteiger partial charge < -0.3 is 5.32 Å². The first-order valence-corrected chi connectivity index (χ1v) is 6.88. The molecule has 2 aromatic rings. The summed E-state index contributed by atoms with van der Waals surface area (Å²) in [7, 11) is 1.84. The number of aryl methyl sites for hydroxylation is 2. The molecule has 0 aliphatic carbocycles. The van der Waals surface area contributed by atoms with Crippen LogP contribution in [0.3, 0.4) is 0 Å². The van der Waals surface area contributed by atoms with Gasteiger partial charge in [-0.1, -0.05) is 29.8 Å². The molecule has 0 bridgehead atoms. The van der Waals surface area contributed by atoms with Crippen molar-refractivity contribution in [1.82, 2.24) is 9.97 Å². The Labute approximate surface area is 112 Å². The summed E-state index contributed by atoms with van der Waals surface area (Å²) >= 11 is 1.73. The van der Waals surface area contributed by atoms with Crippen LogP contribution >= 0.6 is 11.8 Å². The van der Waals surface area contributed by atoms with Crippen molar-refractivity contribution in [2.24, 2.45) is 0 Å². The van der Waals surface area contributed by atoms with Crippen LogP contribution in [0.5, 0.6) is 0 Å². The van der Waals surface area contributed by atoms with E-state index in [1.807, 2.05) is 20.0 Å². The van der Waals surface area contributed by atoms with Gasteiger partial charge in [-0.3, -0.25) is 0 Å². The third kappa shape index (κ3) is 3.47. The molecule has 2 rings (SSSR count). The molecule has 0 aliphatic rings. The Morgan fingerprint density at radius 1 is 1.17 bits per heavy atom. The fourth-order valence-corrected chi connectivity index (χ4v) is 2.58. The Hall–Kier alpha value is -1.55. The van der Waals surface area contributed by atoms with E-state index in [0.29, 0.717) is 5.95 Å². The topological polar surface area (TPSA) is 37.8 Å². The number of benzene rings is 1. The van der Waals surface area contributed by atoms with Crippen LogP contribution in [0.25, 0.3) is 0 Å². The Balaban J connectivity index is 2.08. The van der Waals surface area contributed by atoms with Crippen molar-refractivity contribution >= 4 is 17.7 Å². The van der Waals surface area contributed by atoms with Crippen LogP contribution < -0.4 is 5.32 Å². The average molecular weight is 259 g/mol. The van der Waals surface area contributed by atoms with Gasteiger partial charge in [0.25, 0.3) is 0 Å². The zero-order valence-corrected chi connectivity index (χ0v) is 11.7. The third-order valence-corrected chi connectivity index (χ3v) is 3.51. The lowest BCUT2D eigenvalue weighted by Crippen LogP contribution is -1.98. The van der Waals surface area contributed by atoms with E-state index in [1.165, 1.54) is 11.1 Å². The summed E-state index contributed by atoms with van der Waals surface area (Å²) in [5.41, 5.74) is 3.60. The van der Waals surface area contributed by atoms with Crippen molar-refractivity contribution in [3.63, 3.8) is 0 Å². The maximum atomic E-state index is 4.43. The highest BCUT2D eigenvalue weighted by Gasteiger charge is 2.02. The van der Waals surface area contributed by atoms with Crippen LogP contribution in [0.1, 0.15) is 16.8 Å². The van der Waals surface area contributed by atoms with Crippen LogP contribution in [0.4, 0.5) is 5.95 Å². The maximum absolute atomic E-state index is 4.43. The first kappa shape index (κ1) is 12.9. The number of aromatic nitrogens is 2. The normalized spacial score (nSPS) is 10.4. The molecule has 0 saturated carbocycles. The summed E-state index contributed by atoms with van der Waals surface area (Å²) in [6, 6.07) is 10.6. The quantitative estimate of drug-likeness (QED) is 0.674. The van der Waals surface area contributed by atoms with E-state index in [0.717, 1.165) is 16.5 Å². The minimum Gasteiger partial charge on any atom is -0.357 e. The number of nitrogens with zero attached hydrogens (tertiary/aromatic N) is 2. The highest BCUT2D eigenvalue weighted by atomic mass is 32.2. The third-order valence-electron chi connectivity index (χ3n) is 2.52. The van der Waals surface area contributed by atoms with E-state index in [-0.39, 0.29) is 0 Å². The van der Waals surface area contributed by atoms with Gasteiger partial charge in [0.15, 0.2) is 0 Å². The number of rotatable bonds is 4. The minimum absolute atomic E-state index is 0.682. The van der Waals surface area contributed by atoms with Crippen LogP contribution in [0.15, 0.2) is 35.4 Å². The Morgan fingerprint density at radius 3 is 2.72 bits per heavy atom. The molecule has 0 amide bonds. The molecule has 3 nitrogen and oxygen atoms in total. The Kier molecular flexibility index (Phi) is 4.20. The standard InChI is InChI=1S/C14H17N3S/c1-10-5-4-6-12(7-10)9-18-13-8-11(2)16-14(15-3)17-13/h4-8H,9H2,1-3H3,(H,15,16,17). The molecule has 1 aromatic carbocycles. The van der Waals surface area contributed by atoms with Gasteiger partial charge in [-0.2, -0.15) is 0 Å². The second kappa shape index (κ2) is 5.87. The summed E-state index contributed by atoms with van der Waals surface area (Å²) in [6.45, 7) is 4.10. The molecule has 0 fully saturated rings. The number of anilines is 1. The Morgan fingerprint density at radius 2 is 2.00 bits per heavy atom. The number of hydrogen-bond acceptors (Lipinski definition) is 4. The fourth-order valence-electron chi connectivity index (χ4n) is 1.68. The Bertz CT molecular complexity index is 540. The minimum atomic E-state index is 0.682. The number of nitrogens with one attached hydrogen (secondary N) is 1. The summed E-state index contributed by atoms with van der Waals surface area (Å²) < 4.78 is 0. The summed E-state index contributed by atoms with van der Waals surface area (Å²) in [4.78, 5) is 8.72. The smallest absolute Gasteiger partial charge is 0.223 e. The lowest BCUT2D eigenvalue weighted by molar-refractivity contribution is 1.01. The lowest BCUT2D eigenvalue weighted by atomic mass is 10.2. The van der Waals surface area contributed by atoms with Gasteiger partial charge in [0.05, 0.1) is 0 Å². The van der Waals surface area contributed by atoms with E-state index >= 15 is 0 Å². The highest BCUT2D eigenvalue weighted by molar-refractivity contribution is 7.98. The molecular weight excluding hydrogens is 242 g/mol. The summed E-state index contributed by atoms with van der Waals surface area (Å²) in [5.74, 6) is 1.61.